The second kappa shape index (κ2) is 7.48. The fraction of sp³-hybridized carbons (Fsp3) is 0.632. The summed E-state index contributed by atoms with van der Waals surface area (Å²) < 4.78 is 33.2. The molecule has 0 radical (unpaired) electrons. The highest BCUT2D eigenvalue weighted by Crippen LogP contribution is 2.40. The summed E-state index contributed by atoms with van der Waals surface area (Å²) in [7, 11) is -3.57. The average Bonchev–Trinajstić information content (AvgIpc) is 3.17. The van der Waals surface area contributed by atoms with Gasteiger partial charge in [0.25, 0.3) is 10.0 Å². The first-order valence-corrected chi connectivity index (χ1v) is 12.6. The van der Waals surface area contributed by atoms with E-state index < -0.39 is 10.0 Å². The molecule has 2 saturated heterocycles. The van der Waals surface area contributed by atoms with Crippen molar-refractivity contribution in [1.29, 1.82) is 0 Å². The van der Waals surface area contributed by atoms with E-state index in [1.54, 1.807) is 11.4 Å². The number of sulfonamides is 1. The van der Waals surface area contributed by atoms with Crippen LogP contribution in [0, 0.1) is 5.92 Å². The minimum absolute atomic E-state index is 0.0568. The van der Waals surface area contributed by atoms with Crippen LogP contribution in [0.2, 0.25) is 0 Å². The molecule has 3 fully saturated rings. The second-order valence-electron chi connectivity index (χ2n) is 8.10. The number of hydrogen-bond donors (Lipinski definition) is 0. The van der Waals surface area contributed by atoms with E-state index in [1.165, 1.54) is 15.6 Å². The van der Waals surface area contributed by atoms with Crippen molar-refractivity contribution in [2.75, 3.05) is 26.2 Å². The summed E-state index contributed by atoms with van der Waals surface area (Å²) in [5.41, 5.74) is 0.670. The molecule has 0 atom stereocenters. The standard InChI is InChI=1S/C19H24N4O4S2/c24-19(22-7-1-2-8-22)14-5-9-23(10-6-14)29(25,26)16-11-15(12-28-16)17-20-18(27-21-17)13-3-4-13/h11-14H,1-10H2. The Morgan fingerprint density at radius 2 is 1.83 bits per heavy atom. The number of thiophene rings is 1. The normalized spacial score (nSPS) is 21.7. The minimum atomic E-state index is -3.57. The van der Waals surface area contributed by atoms with Gasteiger partial charge in [0.05, 0.1) is 0 Å². The highest BCUT2D eigenvalue weighted by Gasteiger charge is 2.35. The number of piperidine rings is 1. The Morgan fingerprint density at radius 1 is 1.10 bits per heavy atom. The SMILES string of the molecule is O=C(C1CCN(S(=O)(=O)c2cc(-c3noc(C4CC4)n3)cs2)CC1)N1CCCC1. The quantitative estimate of drug-likeness (QED) is 0.715. The van der Waals surface area contributed by atoms with Gasteiger partial charge in [-0.2, -0.15) is 9.29 Å². The number of amides is 1. The maximum absolute atomic E-state index is 13.1. The van der Waals surface area contributed by atoms with Crippen LogP contribution in [0.3, 0.4) is 0 Å². The van der Waals surface area contributed by atoms with Gasteiger partial charge in [-0.25, -0.2) is 8.42 Å². The van der Waals surface area contributed by atoms with Crippen molar-refractivity contribution in [3.63, 3.8) is 0 Å². The molecular weight excluding hydrogens is 412 g/mol. The highest BCUT2D eigenvalue weighted by atomic mass is 32.2. The van der Waals surface area contributed by atoms with Crippen molar-refractivity contribution in [1.82, 2.24) is 19.3 Å². The van der Waals surface area contributed by atoms with E-state index in [2.05, 4.69) is 10.1 Å². The maximum atomic E-state index is 13.1. The van der Waals surface area contributed by atoms with Gasteiger partial charge in [-0.05, 0) is 44.6 Å². The molecule has 2 aromatic rings. The largest absolute Gasteiger partial charge is 0.342 e. The van der Waals surface area contributed by atoms with Crippen molar-refractivity contribution in [2.45, 2.75) is 48.7 Å². The summed E-state index contributed by atoms with van der Waals surface area (Å²) in [5.74, 6) is 1.59. The van der Waals surface area contributed by atoms with Crippen LogP contribution in [0.4, 0.5) is 0 Å². The zero-order valence-corrected chi connectivity index (χ0v) is 17.8. The third kappa shape index (κ3) is 3.73. The van der Waals surface area contributed by atoms with E-state index in [0.29, 0.717) is 49.1 Å². The van der Waals surface area contributed by atoms with Gasteiger partial charge in [0.15, 0.2) is 0 Å². The fourth-order valence-electron chi connectivity index (χ4n) is 4.08. The molecule has 0 aromatic carbocycles. The minimum Gasteiger partial charge on any atom is -0.342 e. The first-order chi connectivity index (χ1) is 14.0. The molecular formula is C19H24N4O4S2. The van der Waals surface area contributed by atoms with Crippen LogP contribution in [-0.2, 0) is 14.8 Å². The third-order valence-electron chi connectivity index (χ3n) is 6.02. The number of aromatic nitrogens is 2. The molecule has 1 aliphatic carbocycles. The predicted octanol–water partition coefficient (Wildman–Crippen LogP) is 2.70. The molecule has 10 heteroatoms. The molecule has 2 aromatic heterocycles. The van der Waals surface area contributed by atoms with Gasteiger partial charge in [-0.15, -0.1) is 11.3 Å². The van der Waals surface area contributed by atoms with Crippen LogP contribution < -0.4 is 0 Å². The molecule has 0 bridgehead atoms. The van der Waals surface area contributed by atoms with E-state index in [9.17, 15) is 13.2 Å². The number of carbonyl (C=O) groups excluding carboxylic acids is 1. The fourth-order valence-corrected chi connectivity index (χ4v) is 6.86. The Morgan fingerprint density at radius 3 is 2.52 bits per heavy atom. The highest BCUT2D eigenvalue weighted by molar-refractivity contribution is 7.91. The lowest BCUT2D eigenvalue weighted by Crippen LogP contribution is -2.43. The molecule has 29 heavy (non-hydrogen) atoms. The average molecular weight is 437 g/mol. The van der Waals surface area contributed by atoms with E-state index in [4.69, 9.17) is 4.52 Å². The van der Waals surface area contributed by atoms with Gasteiger partial charge in [-0.3, -0.25) is 4.79 Å². The Bertz CT molecular complexity index is 997. The molecule has 0 spiro atoms. The molecule has 5 rings (SSSR count). The second-order valence-corrected chi connectivity index (χ2v) is 11.2. The zero-order valence-electron chi connectivity index (χ0n) is 16.1. The molecule has 0 unspecified atom stereocenters. The number of likely N-dealkylation sites (tertiary alicyclic amines) is 1. The number of hydrogen-bond acceptors (Lipinski definition) is 7. The third-order valence-corrected chi connectivity index (χ3v) is 9.33. The molecule has 1 saturated carbocycles. The van der Waals surface area contributed by atoms with Gasteiger partial charge in [0, 0.05) is 49.0 Å². The first-order valence-electron chi connectivity index (χ1n) is 10.2. The Hall–Kier alpha value is -1.78. The van der Waals surface area contributed by atoms with Crippen molar-refractivity contribution < 1.29 is 17.7 Å². The lowest BCUT2D eigenvalue weighted by atomic mass is 9.97. The Balaban J connectivity index is 1.25. The van der Waals surface area contributed by atoms with Crippen LogP contribution in [0.25, 0.3) is 11.4 Å². The van der Waals surface area contributed by atoms with Crippen molar-refractivity contribution in [3.8, 4) is 11.4 Å². The summed E-state index contributed by atoms with van der Waals surface area (Å²) in [5, 5.41) is 5.75. The summed E-state index contributed by atoms with van der Waals surface area (Å²) >= 11 is 1.18. The number of nitrogens with zero attached hydrogens (tertiary/aromatic N) is 4. The topological polar surface area (TPSA) is 96.6 Å². The van der Waals surface area contributed by atoms with E-state index in [0.717, 1.165) is 38.8 Å². The van der Waals surface area contributed by atoms with Crippen LogP contribution in [0.15, 0.2) is 20.2 Å². The molecule has 1 amide bonds. The number of rotatable bonds is 5. The first kappa shape index (κ1) is 19.2. The summed E-state index contributed by atoms with van der Waals surface area (Å²) in [6.07, 6.45) is 5.46. The lowest BCUT2D eigenvalue weighted by Gasteiger charge is -2.32. The van der Waals surface area contributed by atoms with Gasteiger partial charge >= 0.3 is 0 Å². The number of carbonyl (C=O) groups is 1. The smallest absolute Gasteiger partial charge is 0.252 e. The zero-order chi connectivity index (χ0) is 20.0. The van der Waals surface area contributed by atoms with Crippen LogP contribution in [0.5, 0.6) is 0 Å². The maximum Gasteiger partial charge on any atom is 0.252 e. The van der Waals surface area contributed by atoms with E-state index >= 15 is 0 Å². The van der Waals surface area contributed by atoms with Crippen LogP contribution in [0.1, 0.15) is 50.3 Å². The van der Waals surface area contributed by atoms with Crippen molar-refractivity contribution in [3.05, 3.63) is 17.3 Å². The monoisotopic (exact) mass is 436 g/mol. The van der Waals surface area contributed by atoms with Gasteiger partial charge in [0.1, 0.15) is 4.21 Å². The Labute approximate surface area is 173 Å². The lowest BCUT2D eigenvalue weighted by molar-refractivity contribution is -0.135. The van der Waals surface area contributed by atoms with Gasteiger partial charge in [0.2, 0.25) is 17.6 Å². The molecule has 2 aliphatic heterocycles. The molecule has 156 valence electrons. The summed E-state index contributed by atoms with van der Waals surface area (Å²) in [6, 6.07) is 1.63. The van der Waals surface area contributed by atoms with E-state index in [-0.39, 0.29) is 16.0 Å². The molecule has 0 N–H and O–H groups in total. The van der Waals surface area contributed by atoms with Crippen LogP contribution >= 0.6 is 11.3 Å². The van der Waals surface area contributed by atoms with Crippen LogP contribution in [-0.4, -0.2) is 59.8 Å². The molecule has 8 nitrogen and oxygen atoms in total. The van der Waals surface area contributed by atoms with Gasteiger partial charge < -0.3 is 9.42 Å². The van der Waals surface area contributed by atoms with Crippen molar-refractivity contribution >= 4 is 27.3 Å². The molecule has 4 heterocycles. The Kier molecular flexibility index (Phi) is 4.95. The predicted molar refractivity (Wildman–Crippen MR) is 107 cm³/mol. The summed E-state index contributed by atoms with van der Waals surface area (Å²) in [4.78, 5) is 18.9. The van der Waals surface area contributed by atoms with Gasteiger partial charge in [-0.1, -0.05) is 5.16 Å². The summed E-state index contributed by atoms with van der Waals surface area (Å²) in [6.45, 7) is 2.45. The van der Waals surface area contributed by atoms with Crippen molar-refractivity contribution in [2.24, 2.45) is 5.92 Å². The molecule has 3 aliphatic rings. The van der Waals surface area contributed by atoms with E-state index in [1.807, 2.05) is 4.90 Å².